The van der Waals surface area contributed by atoms with Crippen LogP contribution in [0.5, 0.6) is 0 Å². The molecular formula is C17H20F3NO3. The zero-order valence-electron chi connectivity index (χ0n) is 13.1. The molecule has 1 aliphatic carbocycles. The summed E-state index contributed by atoms with van der Waals surface area (Å²) in [6.07, 6.45) is -2.48. The molecule has 0 heterocycles. The lowest BCUT2D eigenvalue weighted by Crippen LogP contribution is -2.43. The predicted octanol–water partition coefficient (Wildman–Crippen LogP) is 3.41. The maximum absolute atomic E-state index is 13.0. The van der Waals surface area contributed by atoms with Crippen LogP contribution in [-0.2, 0) is 11.2 Å². The number of hydrogen-bond acceptors (Lipinski definition) is 2. The molecule has 2 unspecified atom stereocenters. The van der Waals surface area contributed by atoms with Crippen LogP contribution >= 0.6 is 0 Å². The van der Waals surface area contributed by atoms with Gasteiger partial charge in [0.1, 0.15) is 0 Å². The Bertz CT molecular complexity index is 584. The van der Waals surface area contributed by atoms with Gasteiger partial charge in [0.05, 0.1) is 11.5 Å². The Morgan fingerprint density at radius 3 is 2.33 bits per heavy atom. The Kier molecular flexibility index (Phi) is 5.85. The second-order valence-corrected chi connectivity index (χ2v) is 6.08. The number of carbonyl (C=O) groups is 2. The molecule has 24 heavy (non-hydrogen) atoms. The van der Waals surface area contributed by atoms with E-state index in [4.69, 9.17) is 5.11 Å². The molecule has 2 N–H and O–H groups in total. The molecule has 1 aromatic rings. The average molecular weight is 343 g/mol. The van der Waals surface area contributed by atoms with Crippen molar-refractivity contribution in [2.45, 2.75) is 38.3 Å². The molecule has 0 bridgehead atoms. The van der Waals surface area contributed by atoms with Crippen molar-refractivity contribution in [1.82, 2.24) is 5.32 Å². The van der Waals surface area contributed by atoms with E-state index in [1.54, 1.807) is 12.1 Å². The number of carbonyl (C=O) groups excluding carboxylic acids is 1. The molecule has 4 nitrogen and oxygen atoms in total. The average Bonchev–Trinajstić information content (AvgIpc) is 2.54. The molecule has 1 aromatic carbocycles. The van der Waals surface area contributed by atoms with Crippen LogP contribution in [0.2, 0.25) is 0 Å². The highest BCUT2D eigenvalue weighted by Crippen LogP contribution is 2.41. The number of hydrogen-bond donors (Lipinski definition) is 2. The molecule has 1 fully saturated rings. The van der Waals surface area contributed by atoms with Gasteiger partial charge in [-0.05, 0) is 37.0 Å². The minimum Gasteiger partial charge on any atom is -0.478 e. The van der Waals surface area contributed by atoms with Gasteiger partial charge in [-0.15, -0.1) is 0 Å². The summed E-state index contributed by atoms with van der Waals surface area (Å²) < 4.78 is 39.0. The van der Waals surface area contributed by atoms with Crippen LogP contribution in [0.25, 0.3) is 0 Å². The van der Waals surface area contributed by atoms with Crippen molar-refractivity contribution in [2.24, 2.45) is 11.8 Å². The maximum Gasteiger partial charge on any atom is 0.392 e. The van der Waals surface area contributed by atoms with Crippen LogP contribution in [0.1, 0.15) is 41.6 Å². The second-order valence-electron chi connectivity index (χ2n) is 6.08. The minimum absolute atomic E-state index is 0.0121. The Morgan fingerprint density at radius 1 is 1.12 bits per heavy atom. The van der Waals surface area contributed by atoms with Crippen LogP contribution in [-0.4, -0.2) is 29.7 Å². The van der Waals surface area contributed by atoms with Crippen LogP contribution in [0.3, 0.4) is 0 Å². The monoisotopic (exact) mass is 343 g/mol. The number of halogens is 3. The Balaban J connectivity index is 1.86. The van der Waals surface area contributed by atoms with E-state index in [1.807, 2.05) is 0 Å². The molecule has 1 saturated carbocycles. The van der Waals surface area contributed by atoms with E-state index in [1.165, 1.54) is 12.1 Å². The van der Waals surface area contributed by atoms with E-state index in [0.29, 0.717) is 19.3 Å². The van der Waals surface area contributed by atoms with Crippen molar-refractivity contribution in [3.05, 3.63) is 35.4 Å². The summed E-state index contributed by atoms with van der Waals surface area (Å²) in [5.74, 6) is -4.13. The largest absolute Gasteiger partial charge is 0.478 e. The van der Waals surface area contributed by atoms with Crippen molar-refractivity contribution in [1.29, 1.82) is 0 Å². The zero-order valence-corrected chi connectivity index (χ0v) is 13.1. The molecule has 2 atom stereocenters. The molecule has 132 valence electrons. The zero-order chi connectivity index (χ0) is 17.7. The number of carboxylic acids is 1. The van der Waals surface area contributed by atoms with Gasteiger partial charge in [-0.25, -0.2) is 4.79 Å². The van der Waals surface area contributed by atoms with Crippen molar-refractivity contribution in [2.75, 3.05) is 6.54 Å². The first-order chi connectivity index (χ1) is 11.3. The number of rotatable bonds is 5. The van der Waals surface area contributed by atoms with Crippen molar-refractivity contribution in [3.8, 4) is 0 Å². The third-order valence-corrected chi connectivity index (χ3v) is 4.44. The molecular weight excluding hydrogens is 323 g/mol. The number of aromatic carboxylic acids is 1. The standard InChI is InChI=1S/C17H20F3NO3/c18-17(19,20)14-4-2-1-3-13(14)15(22)21-10-9-11-5-7-12(8-6-11)16(23)24/h5-8,13-14H,1-4,9-10H2,(H,21,22)(H,23,24). The third-order valence-electron chi connectivity index (χ3n) is 4.44. The van der Waals surface area contributed by atoms with Gasteiger partial charge in [-0.2, -0.15) is 13.2 Å². The van der Waals surface area contributed by atoms with Gasteiger partial charge < -0.3 is 10.4 Å². The van der Waals surface area contributed by atoms with Crippen LogP contribution in [0, 0.1) is 11.8 Å². The lowest BCUT2D eigenvalue weighted by Gasteiger charge is -2.32. The van der Waals surface area contributed by atoms with Gasteiger partial charge in [0.2, 0.25) is 5.91 Å². The summed E-state index contributed by atoms with van der Waals surface area (Å²) >= 11 is 0. The van der Waals surface area contributed by atoms with Crippen LogP contribution < -0.4 is 5.32 Å². The quantitative estimate of drug-likeness (QED) is 0.861. The van der Waals surface area contributed by atoms with Gasteiger partial charge in [-0.3, -0.25) is 4.79 Å². The molecule has 0 aromatic heterocycles. The first-order valence-electron chi connectivity index (χ1n) is 7.95. The van der Waals surface area contributed by atoms with Crippen molar-refractivity contribution >= 4 is 11.9 Å². The molecule has 0 spiro atoms. The third kappa shape index (κ3) is 4.72. The molecule has 2 rings (SSSR count). The lowest BCUT2D eigenvalue weighted by molar-refractivity contribution is -0.198. The normalized spacial score (nSPS) is 21.3. The number of alkyl halides is 3. The summed E-state index contributed by atoms with van der Waals surface area (Å²) in [4.78, 5) is 22.9. The van der Waals surface area contributed by atoms with Gasteiger partial charge >= 0.3 is 12.1 Å². The molecule has 0 saturated heterocycles. The van der Waals surface area contributed by atoms with Gasteiger partial charge in [0.25, 0.3) is 0 Å². The van der Waals surface area contributed by atoms with Crippen molar-refractivity contribution in [3.63, 3.8) is 0 Å². The summed E-state index contributed by atoms with van der Waals surface area (Å²) in [7, 11) is 0. The number of benzene rings is 1. The Morgan fingerprint density at radius 2 is 1.75 bits per heavy atom. The highest BCUT2D eigenvalue weighted by molar-refractivity contribution is 5.87. The SMILES string of the molecule is O=C(O)c1ccc(CCNC(=O)C2CCCCC2C(F)(F)F)cc1. The van der Waals surface area contributed by atoms with Crippen molar-refractivity contribution < 1.29 is 27.9 Å². The topological polar surface area (TPSA) is 66.4 Å². The summed E-state index contributed by atoms with van der Waals surface area (Å²) in [5, 5.41) is 11.4. The highest BCUT2D eigenvalue weighted by Gasteiger charge is 2.47. The molecule has 1 amide bonds. The second kappa shape index (κ2) is 7.68. The van der Waals surface area contributed by atoms with Gasteiger partial charge in [0, 0.05) is 12.5 Å². The summed E-state index contributed by atoms with van der Waals surface area (Å²) in [6.45, 7) is 0.229. The molecule has 7 heteroatoms. The number of amides is 1. The molecule has 0 aliphatic heterocycles. The van der Waals surface area contributed by atoms with E-state index in [2.05, 4.69) is 5.32 Å². The molecule has 0 radical (unpaired) electrons. The maximum atomic E-state index is 13.0. The predicted molar refractivity (Wildman–Crippen MR) is 81.6 cm³/mol. The van der Waals surface area contributed by atoms with E-state index < -0.39 is 29.9 Å². The lowest BCUT2D eigenvalue weighted by atomic mass is 9.78. The van der Waals surface area contributed by atoms with Crippen LogP contribution in [0.15, 0.2) is 24.3 Å². The smallest absolute Gasteiger partial charge is 0.392 e. The fraction of sp³-hybridized carbons (Fsp3) is 0.529. The highest BCUT2D eigenvalue weighted by atomic mass is 19.4. The molecule has 1 aliphatic rings. The fourth-order valence-corrected chi connectivity index (χ4v) is 3.11. The first kappa shape index (κ1) is 18.3. The van der Waals surface area contributed by atoms with Gasteiger partial charge in [-0.1, -0.05) is 25.0 Å². The Labute approximate surface area is 138 Å². The van der Waals surface area contributed by atoms with E-state index in [9.17, 15) is 22.8 Å². The van der Waals surface area contributed by atoms with Gasteiger partial charge in [0.15, 0.2) is 0 Å². The summed E-state index contributed by atoms with van der Waals surface area (Å²) in [5.41, 5.74) is 0.981. The van der Waals surface area contributed by atoms with E-state index >= 15 is 0 Å². The number of nitrogens with one attached hydrogen (secondary N) is 1. The van der Waals surface area contributed by atoms with E-state index in [-0.39, 0.29) is 24.9 Å². The minimum atomic E-state index is -4.34. The van der Waals surface area contributed by atoms with Crippen LogP contribution in [0.4, 0.5) is 13.2 Å². The first-order valence-corrected chi connectivity index (χ1v) is 7.95. The van der Waals surface area contributed by atoms with E-state index in [0.717, 1.165) is 5.56 Å². The summed E-state index contributed by atoms with van der Waals surface area (Å²) in [6, 6.07) is 6.18. The fourth-order valence-electron chi connectivity index (χ4n) is 3.11. The number of carboxylic acid groups (broad SMARTS) is 1. The Hall–Kier alpha value is -2.05.